The van der Waals surface area contributed by atoms with E-state index < -0.39 is 0 Å². The lowest BCUT2D eigenvalue weighted by Gasteiger charge is -2.10. The van der Waals surface area contributed by atoms with Crippen molar-refractivity contribution in [3.05, 3.63) is 59.7 Å². The maximum atomic E-state index is 5.66. The van der Waals surface area contributed by atoms with E-state index >= 15 is 0 Å². The molecule has 0 N–H and O–H groups in total. The molecule has 94 valence electrons. The summed E-state index contributed by atoms with van der Waals surface area (Å²) in [6.45, 7) is 5.21. The van der Waals surface area contributed by atoms with Crippen molar-refractivity contribution in [1.82, 2.24) is 0 Å². The molecular weight excluding hydrogens is 224 g/mol. The zero-order valence-corrected chi connectivity index (χ0v) is 10.8. The Morgan fingerprint density at radius 2 is 1.44 bits per heavy atom. The number of hydrogen-bond acceptors (Lipinski definition) is 2. The van der Waals surface area contributed by atoms with Gasteiger partial charge in [-0.15, -0.1) is 0 Å². The predicted molar refractivity (Wildman–Crippen MR) is 73.3 cm³/mol. The van der Waals surface area contributed by atoms with E-state index in [4.69, 9.17) is 9.47 Å². The monoisotopic (exact) mass is 242 g/mol. The van der Waals surface area contributed by atoms with Gasteiger partial charge in [0.15, 0.2) is 0 Å². The fourth-order valence-corrected chi connectivity index (χ4v) is 1.66. The van der Waals surface area contributed by atoms with Gasteiger partial charge in [-0.2, -0.15) is 0 Å². The van der Waals surface area contributed by atoms with Gasteiger partial charge in [0, 0.05) is 0 Å². The summed E-state index contributed by atoms with van der Waals surface area (Å²) in [6, 6.07) is 16.0. The molecule has 0 aliphatic carbocycles. The van der Waals surface area contributed by atoms with E-state index in [1.54, 1.807) is 0 Å². The molecule has 2 nitrogen and oxygen atoms in total. The van der Waals surface area contributed by atoms with E-state index in [0.29, 0.717) is 13.2 Å². The highest BCUT2D eigenvalue weighted by atomic mass is 16.5. The second-order valence-corrected chi connectivity index (χ2v) is 4.28. The zero-order valence-electron chi connectivity index (χ0n) is 10.8. The molecule has 0 aromatic heterocycles. The summed E-state index contributed by atoms with van der Waals surface area (Å²) in [4.78, 5) is 0. The molecule has 0 fully saturated rings. The molecule has 0 saturated carbocycles. The molecule has 2 aromatic carbocycles. The summed E-state index contributed by atoms with van der Waals surface area (Å²) >= 11 is 0. The molecule has 0 bridgehead atoms. The van der Waals surface area contributed by atoms with E-state index in [1.807, 2.05) is 55.5 Å². The average molecular weight is 242 g/mol. The van der Waals surface area contributed by atoms with Crippen molar-refractivity contribution in [2.24, 2.45) is 0 Å². The van der Waals surface area contributed by atoms with E-state index in [1.165, 1.54) is 5.56 Å². The first kappa shape index (κ1) is 12.5. The number of ether oxygens (including phenoxy) is 2. The van der Waals surface area contributed by atoms with Crippen LogP contribution in [0.2, 0.25) is 0 Å². The van der Waals surface area contributed by atoms with Gasteiger partial charge in [0.2, 0.25) is 0 Å². The lowest BCUT2D eigenvalue weighted by molar-refractivity contribution is 0.216. The minimum Gasteiger partial charge on any atom is -0.490 e. The molecule has 2 rings (SSSR count). The molecule has 0 aliphatic heterocycles. The van der Waals surface area contributed by atoms with Gasteiger partial charge in [0.05, 0.1) is 0 Å². The van der Waals surface area contributed by atoms with E-state index in [0.717, 1.165) is 17.1 Å². The summed E-state index contributed by atoms with van der Waals surface area (Å²) in [5, 5.41) is 0. The number of aryl methyl sites for hydroxylation is 2. The van der Waals surface area contributed by atoms with E-state index in [9.17, 15) is 0 Å². The molecule has 0 amide bonds. The largest absolute Gasteiger partial charge is 0.490 e. The molecule has 0 saturated heterocycles. The Bertz CT molecular complexity index is 489. The summed E-state index contributed by atoms with van der Waals surface area (Å²) in [7, 11) is 0. The normalized spacial score (nSPS) is 10.1. The fourth-order valence-electron chi connectivity index (χ4n) is 1.66. The van der Waals surface area contributed by atoms with Crippen LogP contribution in [0.5, 0.6) is 11.5 Å². The van der Waals surface area contributed by atoms with Gasteiger partial charge in [0.25, 0.3) is 0 Å². The highest BCUT2D eigenvalue weighted by Gasteiger charge is 1.98. The molecule has 0 aliphatic rings. The highest BCUT2D eigenvalue weighted by molar-refractivity contribution is 5.31. The first-order chi connectivity index (χ1) is 8.75. The Kier molecular flexibility index (Phi) is 4.24. The van der Waals surface area contributed by atoms with Crippen molar-refractivity contribution in [3.8, 4) is 11.5 Å². The van der Waals surface area contributed by atoms with Crippen LogP contribution in [0.4, 0.5) is 0 Å². The molecule has 2 aromatic rings. The van der Waals surface area contributed by atoms with E-state index in [2.05, 4.69) is 6.92 Å². The number of rotatable bonds is 5. The number of hydrogen-bond donors (Lipinski definition) is 0. The van der Waals surface area contributed by atoms with Crippen LogP contribution in [-0.2, 0) is 0 Å². The fraction of sp³-hybridized carbons (Fsp3) is 0.250. The molecule has 0 atom stereocenters. The van der Waals surface area contributed by atoms with Crippen molar-refractivity contribution in [1.29, 1.82) is 0 Å². The summed E-state index contributed by atoms with van der Waals surface area (Å²) < 4.78 is 11.3. The van der Waals surface area contributed by atoms with Crippen LogP contribution in [-0.4, -0.2) is 13.2 Å². The van der Waals surface area contributed by atoms with Crippen LogP contribution in [0.25, 0.3) is 0 Å². The summed E-state index contributed by atoms with van der Waals surface area (Å²) in [6.07, 6.45) is 0. The van der Waals surface area contributed by atoms with Gasteiger partial charge in [-0.3, -0.25) is 0 Å². The first-order valence-electron chi connectivity index (χ1n) is 6.13. The van der Waals surface area contributed by atoms with Gasteiger partial charge in [-0.05, 0) is 37.6 Å². The molecule has 2 heteroatoms. The quantitative estimate of drug-likeness (QED) is 0.743. The van der Waals surface area contributed by atoms with Crippen LogP contribution in [0, 0.1) is 13.8 Å². The second kappa shape index (κ2) is 6.10. The minimum absolute atomic E-state index is 0.553. The Morgan fingerprint density at radius 1 is 0.778 bits per heavy atom. The average Bonchev–Trinajstić information content (AvgIpc) is 2.39. The van der Waals surface area contributed by atoms with Crippen molar-refractivity contribution < 1.29 is 9.47 Å². The Hall–Kier alpha value is -1.96. The zero-order chi connectivity index (χ0) is 12.8. The standard InChI is InChI=1S/C16H18O2/c1-13-7-9-15(10-8-13)17-11-12-18-16-6-4-3-5-14(16)2/h3-10H,11-12H2,1-2H3. The SMILES string of the molecule is Cc1ccc(OCCOc2ccccc2C)cc1. The molecule has 0 radical (unpaired) electrons. The van der Waals surface area contributed by atoms with Crippen molar-refractivity contribution >= 4 is 0 Å². The van der Waals surface area contributed by atoms with Gasteiger partial charge < -0.3 is 9.47 Å². The lowest BCUT2D eigenvalue weighted by atomic mass is 10.2. The van der Waals surface area contributed by atoms with Gasteiger partial charge in [0.1, 0.15) is 24.7 Å². The van der Waals surface area contributed by atoms with Crippen LogP contribution in [0.3, 0.4) is 0 Å². The van der Waals surface area contributed by atoms with Crippen molar-refractivity contribution in [2.75, 3.05) is 13.2 Å². The Morgan fingerprint density at radius 3 is 2.17 bits per heavy atom. The Labute approximate surface area is 108 Å². The third kappa shape index (κ3) is 3.52. The topological polar surface area (TPSA) is 18.5 Å². The van der Waals surface area contributed by atoms with Crippen molar-refractivity contribution in [2.45, 2.75) is 13.8 Å². The maximum Gasteiger partial charge on any atom is 0.122 e. The Balaban J connectivity index is 1.76. The summed E-state index contributed by atoms with van der Waals surface area (Å²) in [5.41, 5.74) is 2.38. The van der Waals surface area contributed by atoms with Crippen LogP contribution >= 0.6 is 0 Å². The third-order valence-electron chi connectivity index (χ3n) is 2.72. The van der Waals surface area contributed by atoms with Gasteiger partial charge in [-0.1, -0.05) is 35.9 Å². The first-order valence-corrected chi connectivity index (χ1v) is 6.13. The predicted octanol–water partition coefficient (Wildman–Crippen LogP) is 3.76. The van der Waals surface area contributed by atoms with Crippen LogP contribution in [0.1, 0.15) is 11.1 Å². The number of benzene rings is 2. The van der Waals surface area contributed by atoms with Crippen LogP contribution < -0.4 is 9.47 Å². The van der Waals surface area contributed by atoms with Gasteiger partial charge >= 0.3 is 0 Å². The molecular formula is C16H18O2. The second-order valence-electron chi connectivity index (χ2n) is 4.28. The lowest BCUT2D eigenvalue weighted by Crippen LogP contribution is -2.09. The maximum absolute atomic E-state index is 5.66. The third-order valence-corrected chi connectivity index (χ3v) is 2.72. The molecule has 0 spiro atoms. The minimum atomic E-state index is 0.553. The summed E-state index contributed by atoms with van der Waals surface area (Å²) in [5.74, 6) is 1.80. The van der Waals surface area contributed by atoms with Gasteiger partial charge in [-0.25, -0.2) is 0 Å². The molecule has 0 unspecified atom stereocenters. The highest BCUT2D eigenvalue weighted by Crippen LogP contribution is 2.16. The molecule has 18 heavy (non-hydrogen) atoms. The molecule has 0 heterocycles. The number of para-hydroxylation sites is 1. The van der Waals surface area contributed by atoms with Crippen LogP contribution in [0.15, 0.2) is 48.5 Å². The smallest absolute Gasteiger partial charge is 0.122 e. The van der Waals surface area contributed by atoms with E-state index in [-0.39, 0.29) is 0 Å². The van der Waals surface area contributed by atoms with Crippen molar-refractivity contribution in [3.63, 3.8) is 0 Å².